The molecular weight excluding hydrogens is 304 g/mol. The molecule has 2 heterocycles. The number of phenolic OH excluding ortho intramolecular Hbond substituents is 1. The van der Waals surface area contributed by atoms with Gasteiger partial charge in [-0.1, -0.05) is 12.8 Å². The van der Waals surface area contributed by atoms with Gasteiger partial charge in [0.1, 0.15) is 11.6 Å². The van der Waals surface area contributed by atoms with Gasteiger partial charge in [-0.05, 0) is 37.1 Å². The van der Waals surface area contributed by atoms with Gasteiger partial charge in [-0.15, -0.1) is 0 Å². The third-order valence-electron chi connectivity index (χ3n) is 4.81. The topological polar surface area (TPSA) is 72.1 Å². The van der Waals surface area contributed by atoms with Crippen LogP contribution in [0.25, 0.3) is 11.0 Å². The molecule has 1 aromatic carbocycles. The number of phenols is 1. The van der Waals surface area contributed by atoms with Crippen molar-refractivity contribution in [3.63, 3.8) is 0 Å². The molecule has 0 radical (unpaired) electrons. The van der Waals surface area contributed by atoms with Crippen LogP contribution in [0.15, 0.2) is 41.3 Å². The molecule has 0 aliphatic heterocycles. The van der Waals surface area contributed by atoms with E-state index in [4.69, 9.17) is 0 Å². The third kappa shape index (κ3) is 2.44. The van der Waals surface area contributed by atoms with Crippen molar-refractivity contribution in [3.8, 4) is 5.75 Å². The Morgan fingerprint density at radius 3 is 2.58 bits per heavy atom. The van der Waals surface area contributed by atoms with Crippen molar-refractivity contribution in [3.05, 3.63) is 47.0 Å². The van der Waals surface area contributed by atoms with Gasteiger partial charge in [-0.25, -0.2) is 9.78 Å². The fraction of sp³-hybridized carbons (Fsp3) is 0.333. The quantitative estimate of drug-likeness (QED) is 0.725. The predicted octanol–water partition coefficient (Wildman–Crippen LogP) is 3.30. The standard InChI is InChI=1S/C18H20N4O2/c1-21-16-11-19-17(20-12-6-8-14(23)9-7-12)10-15(16)22(18(21)24)13-4-2-3-5-13/h6-11,13,23H,2-5H2,1H3,(H,19,20). The maximum absolute atomic E-state index is 12.6. The molecule has 6 nitrogen and oxygen atoms in total. The van der Waals surface area contributed by atoms with Gasteiger partial charge in [0.25, 0.3) is 0 Å². The van der Waals surface area contributed by atoms with Crippen LogP contribution in [0.3, 0.4) is 0 Å². The second-order valence-electron chi connectivity index (χ2n) is 6.38. The van der Waals surface area contributed by atoms with Crippen molar-refractivity contribution in [2.75, 3.05) is 5.32 Å². The fourth-order valence-corrected chi connectivity index (χ4v) is 3.53. The Bertz CT molecular complexity index is 934. The minimum Gasteiger partial charge on any atom is -0.508 e. The zero-order valence-electron chi connectivity index (χ0n) is 13.6. The molecule has 0 saturated heterocycles. The summed E-state index contributed by atoms with van der Waals surface area (Å²) in [6.45, 7) is 0. The summed E-state index contributed by atoms with van der Waals surface area (Å²) < 4.78 is 3.59. The van der Waals surface area contributed by atoms with Crippen molar-refractivity contribution in [1.29, 1.82) is 0 Å². The number of aromatic nitrogens is 3. The highest BCUT2D eigenvalue weighted by Gasteiger charge is 2.23. The van der Waals surface area contributed by atoms with E-state index in [9.17, 15) is 9.90 Å². The molecule has 0 spiro atoms. The number of benzene rings is 1. The van der Waals surface area contributed by atoms with Crippen molar-refractivity contribution in [1.82, 2.24) is 14.1 Å². The van der Waals surface area contributed by atoms with E-state index in [1.54, 1.807) is 42.1 Å². The minimum absolute atomic E-state index is 0.0282. The summed E-state index contributed by atoms with van der Waals surface area (Å²) in [7, 11) is 1.80. The molecule has 1 fully saturated rings. The van der Waals surface area contributed by atoms with Crippen molar-refractivity contribution in [2.45, 2.75) is 31.7 Å². The van der Waals surface area contributed by atoms with Crippen LogP contribution in [0.2, 0.25) is 0 Å². The number of hydrogen-bond donors (Lipinski definition) is 2. The van der Waals surface area contributed by atoms with Crippen LogP contribution >= 0.6 is 0 Å². The number of rotatable bonds is 3. The van der Waals surface area contributed by atoms with Gasteiger partial charge in [-0.3, -0.25) is 9.13 Å². The molecule has 1 aliphatic rings. The monoisotopic (exact) mass is 324 g/mol. The van der Waals surface area contributed by atoms with E-state index >= 15 is 0 Å². The van der Waals surface area contributed by atoms with Gasteiger partial charge in [-0.2, -0.15) is 0 Å². The Morgan fingerprint density at radius 2 is 1.88 bits per heavy atom. The fourth-order valence-electron chi connectivity index (χ4n) is 3.53. The molecule has 6 heteroatoms. The number of nitrogens with zero attached hydrogens (tertiary/aromatic N) is 3. The van der Waals surface area contributed by atoms with Crippen molar-refractivity contribution >= 4 is 22.5 Å². The lowest BCUT2D eigenvalue weighted by Gasteiger charge is -2.12. The Balaban J connectivity index is 1.77. The number of fused-ring (bicyclic) bond motifs is 1. The maximum atomic E-state index is 12.6. The summed E-state index contributed by atoms with van der Waals surface area (Å²) in [4.78, 5) is 17.1. The Hall–Kier alpha value is -2.76. The van der Waals surface area contributed by atoms with Crippen molar-refractivity contribution < 1.29 is 5.11 Å². The summed E-state index contributed by atoms with van der Waals surface area (Å²) in [6.07, 6.45) is 6.21. The lowest BCUT2D eigenvalue weighted by molar-refractivity contribution is 0.475. The zero-order chi connectivity index (χ0) is 16.7. The first-order valence-corrected chi connectivity index (χ1v) is 8.26. The van der Waals surface area contributed by atoms with Gasteiger partial charge in [0.15, 0.2) is 0 Å². The highest BCUT2D eigenvalue weighted by Crippen LogP contribution is 2.31. The van der Waals surface area contributed by atoms with E-state index in [0.717, 1.165) is 29.6 Å². The Morgan fingerprint density at radius 1 is 1.17 bits per heavy atom. The molecule has 1 aliphatic carbocycles. The van der Waals surface area contributed by atoms with E-state index in [1.165, 1.54) is 12.8 Å². The van der Waals surface area contributed by atoms with Gasteiger partial charge in [0, 0.05) is 24.8 Å². The molecular formula is C18H20N4O2. The molecule has 4 rings (SSSR count). The molecule has 2 aromatic heterocycles. The lowest BCUT2D eigenvalue weighted by atomic mass is 10.2. The second-order valence-corrected chi connectivity index (χ2v) is 6.38. The van der Waals surface area contributed by atoms with E-state index in [2.05, 4.69) is 10.3 Å². The van der Waals surface area contributed by atoms with Crippen LogP contribution in [-0.4, -0.2) is 19.2 Å². The number of nitrogens with one attached hydrogen (secondary N) is 1. The van der Waals surface area contributed by atoms with Gasteiger partial charge < -0.3 is 10.4 Å². The lowest BCUT2D eigenvalue weighted by Crippen LogP contribution is -2.24. The van der Waals surface area contributed by atoms with Crippen LogP contribution in [0, 0.1) is 0 Å². The number of imidazole rings is 1. The predicted molar refractivity (Wildman–Crippen MR) is 93.9 cm³/mol. The molecule has 1 saturated carbocycles. The van der Waals surface area contributed by atoms with Crippen LogP contribution in [0.5, 0.6) is 5.75 Å². The van der Waals surface area contributed by atoms with Crippen LogP contribution in [-0.2, 0) is 7.05 Å². The Labute approximate surface area is 139 Å². The average Bonchev–Trinajstić information content (AvgIpc) is 3.18. The van der Waals surface area contributed by atoms with Gasteiger partial charge in [0.2, 0.25) is 0 Å². The van der Waals surface area contributed by atoms with Gasteiger partial charge in [0.05, 0.1) is 17.2 Å². The normalized spacial score (nSPS) is 15.2. The average molecular weight is 324 g/mol. The number of anilines is 2. The molecule has 0 unspecified atom stereocenters. The third-order valence-corrected chi connectivity index (χ3v) is 4.81. The molecule has 2 N–H and O–H groups in total. The summed E-state index contributed by atoms with van der Waals surface area (Å²) in [5.74, 6) is 0.910. The van der Waals surface area contributed by atoms with E-state index < -0.39 is 0 Å². The highest BCUT2D eigenvalue weighted by molar-refractivity contribution is 5.79. The van der Waals surface area contributed by atoms with E-state index in [0.29, 0.717) is 5.82 Å². The smallest absolute Gasteiger partial charge is 0.329 e. The minimum atomic E-state index is 0.0282. The first-order chi connectivity index (χ1) is 11.6. The van der Waals surface area contributed by atoms with E-state index in [-0.39, 0.29) is 17.5 Å². The summed E-state index contributed by atoms with van der Waals surface area (Å²) in [5.41, 5.74) is 2.64. The SMILES string of the molecule is Cn1c(=O)n(C2CCCC2)c2cc(Nc3ccc(O)cc3)ncc21. The molecule has 124 valence electrons. The molecule has 24 heavy (non-hydrogen) atoms. The maximum Gasteiger partial charge on any atom is 0.329 e. The summed E-state index contributed by atoms with van der Waals surface area (Å²) >= 11 is 0. The summed E-state index contributed by atoms with van der Waals surface area (Å²) in [6, 6.07) is 9.04. The molecule has 0 amide bonds. The largest absolute Gasteiger partial charge is 0.508 e. The number of aryl methyl sites for hydroxylation is 1. The Kier molecular flexibility index (Phi) is 3.52. The van der Waals surface area contributed by atoms with E-state index in [1.807, 2.05) is 10.6 Å². The van der Waals surface area contributed by atoms with Crippen LogP contribution in [0.1, 0.15) is 31.7 Å². The molecule has 0 atom stereocenters. The molecule has 0 bridgehead atoms. The number of aromatic hydroxyl groups is 1. The van der Waals surface area contributed by atoms with Crippen molar-refractivity contribution in [2.24, 2.45) is 7.05 Å². The first-order valence-electron chi connectivity index (χ1n) is 8.26. The summed E-state index contributed by atoms with van der Waals surface area (Å²) in [5, 5.41) is 12.6. The van der Waals surface area contributed by atoms with Crippen LogP contribution < -0.4 is 11.0 Å². The first kappa shape index (κ1) is 14.8. The highest BCUT2D eigenvalue weighted by atomic mass is 16.3. The number of pyridine rings is 1. The molecule has 3 aromatic rings. The zero-order valence-corrected chi connectivity index (χ0v) is 13.6. The van der Waals surface area contributed by atoms with Crippen LogP contribution in [0.4, 0.5) is 11.5 Å². The number of hydrogen-bond acceptors (Lipinski definition) is 4. The second kappa shape index (κ2) is 5.70. The van der Waals surface area contributed by atoms with Gasteiger partial charge >= 0.3 is 5.69 Å².